The molecule has 0 unspecified atom stereocenters. The van der Waals surface area contributed by atoms with Crippen molar-refractivity contribution >= 4 is 23.5 Å². The molecular formula is C13H19NS2. The SMILES string of the molecule is c1ccc(SCCN2CCCSCC2)cc1. The Morgan fingerprint density at radius 1 is 1.12 bits per heavy atom. The van der Waals surface area contributed by atoms with Crippen molar-refractivity contribution in [2.75, 3.05) is 36.9 Å². The van der Waals surface area contributed by atoms with E-state index in [4.69, 9.17) is 0 Å². The molecule has 1 fully saturated rings. The van der Waals surface area contributed by atoms with Crippen LogP contribution in [0.2, 0.25) is 0 Å². The van der Waals surface area contributed by atoms with Gasteiger partial charge in [0, 0.05) is 29.5 Å². The fourth-order valence-corrected chi connectivity index (χ4v) is 3.69. The highest BCUT2D eigenvalue weighted by atomic mass is 32.2. The van der Waals surface area contributed by atoms with Gasteiger partial charge >= 0.3 is 0 Å². The van der Waals surface area contributed by atoms with Crippen LogP contribution in [-0.2, 0) is 0 Å². The second-order valence-corrected chi connectivity index (χ2v) is 6.36. The fourth-order valence-electron chi connectivity index (χ4n) is 1.83. The largest absolute Gasteiger partial charge is 0.302 e. The van der Waals surface area contributed by atoms with Crippen molar-refractivity contribution in [1.29, 1.82) is 0 Å². The summed E-state index contributed by atoms with van der Waals surface area (Å²) in [6, 6.07) is 10.7. The van der Waals surface area contributed by atoms with Crippen LogP contribution in [-0.4, -0.2) is 41.8 Å². The van der Waals surface area contributed by atoms with E-state index in [-0.39, 0.29) is 0 Å². The van der Waals surface area contributed by atoms with E-state index in [0.29, 0.717) is 0 Å². The Bertz CT molecular complexity index is 281. The van der Waals surface area contributed by atoms with Gasteiger partial charge in [-0.15, -0.1) is 11.8 Å². The number of thioether (sulfide) groups is 2. The molecule has 0 bridgehead atoms. The molecule has 1 aliphatic heterocycles. The van der Waals surface area contributed by atoms with Crippen LogP contribution in [0.4, 0.5) is 0 Å². The van der Waals surface area contributed by atoms with Gasteiger partial charge in [-0.05, 0) is 30.9 Å². The lowest BCUT2D eigenvalue weighted by atomic mass is 10.4. The van der Waals surface area contributed by atoms with Crippen LogP contribution in [0.5, 0.6) is 0 Å². The Balaban J connectivity index is 1.67. The molecule has 0 spiro atoms. The smallest absolute Gasteiger partial charge is 0.0108 e. The second kappa shape index (κ2) is 7.25. The first-order valence-corrected chi connectivity index (χ1v) is 8.07. The molecule has 1 saturated heterocycles. The quantitative estimate of drug-likeness (QED) is 0.759. The number of hydrogen-bond acceptors (Lipinski definition) is 3. The molecule has 1 aliphatic rings. The first-order chi connectivity index (χ1) is 7.95. The van der Waals surface area contributed by atoms with Gasteiger partial charge in [0.15, 0.2) is 0 Å². The zero-order valence-electron chi connectivity index (χ0n) is 9.60. The molecule has 0 aromatic heterocycles. The first-order valence-electron chi connectivity index (χ1n) is 5.93. The molecule has 3 heteroatoms. The molecule has 2 rings (SSSR count). The highest BCUT2D eigenvalue weighted by molar-refractivity contribution is 7.99. The summed E-state index contributed by atoms with van der Waals surface area (Å²) in [5.41, 5.74) is 0. The van der Waals surface area contributed by atoms with Gasteiger partial charge in [-0.3, -0.25) is 0 Å². The molecule has 16 heavy (non-hydrogen) atoms. The summed E-state index contributed by atoms with van der Waals surface area (Å²) in [5, 5.41) is 0. The van der Waals surface area contributed by atoms with Crippen LogP contribution in [0.3, 0.4) is 0 Å². The standard InChI is InChI=1S/C13H19NS2/c1-2-5-13(6-3-1)16-12-9-14-7-4-10-15-11-8-14/h1-3,5-6H,4,7-12H2. The van der Waals surface area contributed by atoms with Crippen molar-refractivity contribution in [3.63, 3.8) is 0 Å². The average Bonchev–Trinajstić information content (AvgIpc) is 2.59. The average molecular weight is 253 g/mol. The van der Waals surface area contributed by atoms with Gasteiger partial charge in [-0.25, -0.2) is 0 Å². The van der Waals surface area contributed by atoms with E-state index in [1.165, 1.54) is 48.2 Å². The van der Waals surface area contributed by atoms with Gasteiger partial charge in [-0.1, -0.05) is 18.2 Å². The molecule has 88 valence electrons. The van der Waals surface area contributed by atoms with E-state index in [1.807, 2.05) is 11.8 Å². The lowest BCUT2D eigenvalue weighted by Crippen LogP contribution is -2.28. The summed E-state index contributed by atoms with van der Waals surface area (Å²) in [6.45, 7) is 3.81. The van der Waals surface area contributed by atoms with E-state index in [1.54, 1.807) is 0 Å². The Morgan fingerprint density at radius 2 is 2.00 bits per heavy atom. The van der Waals surface area contributed by atoms with E-state index in [2.05, 4.69) is 47.0 Å². The summed E-state index contributed by atoms with van der Waals surface area (Å²) in [7, 11) is 0. The number of rotatable bonds is 4. The zero-order valence-corrected chi connectivity index (χ0v) is 11.2. The Labute approximate surface area is 107 Å². The summed E-state index contributed by atoms with van der Waals surface area (Å²) in [6.07, 6.45) is 1.36. The van der Waals surface area contributed by atoms with Crippen LogP contribution in [0.25, 0.3) is 0 Å². The van der Waals surface area contributed by atoms with Crippen LogP contribution >= 0.6 is 23.5 Å². The summed E-state index contributed by atoms with van der Waals surface area (Å²) in [5.74, 6) is 3.88. The minimum absolute atomic E-state index is 1.22. The molecule has 0 amide bonds. The van der Waals surface area contributed by atoms with Gasteiger partial charge in [0.05, 0.1) is 0 Å². The fraction of sp³-hybridized carbons (Fsp3) is 0.538. The van der Waals surface area contributed by atoms with Crippen molar-refractivity contribution in [2.45, 2.75) is 11.3 Å². The summed E-state index contributed by atoms with van der Waals surface area (Å²) in [4.78, 5) is 4.00. The van der Waals surface area contributed by atoms with Crippen LogP contribution in [0.15, 0.2) is 35.2 Å². The van der Waals surface area contributed by atoms with Gasteiger partial charge < -0.3 is 4.90 Å². The lowest BCUT2D eigenvalue weighted by Gasteiger charge is -2.18. The van der Waals surface area contributed by atoms with Gasteiger partial charge in [0.2, 0.25) is 0 Å². The van der Waals surface area contributed by atoms with Crippen molar-refractivity contribution < 1.29 is 0 Å². The zero-order chi connectivity index (χ0) is 11.1. The van der Waals surface area contributed by atoms with Crippen LogP contribution in [0, 0.1) is 0 Å². The maximum atomic E-state index is 2.61. The summed E-state index contributed by atoms with van der Waals surface area (Å²) >= 11 is 4.07. The maximum Gasteiger partial charge on any atom is 0.0108 e. The normalized spacial score (nSPS) is 18.2. The molecule has 0 N–H and O–H groups in total. The van der Waals surface area contributed by atoms with E-state index in [9.17, 15) is 0 Å². The predicted molar refractivity (Wildman–Crippen MR) is 75.5 cm³/mol. The van der Waals surface area contributed by atoms with Crippen molar-refractivity contribution in [1.82, 2.24) is 4.90 Å². The number of hydrogen-bond donors (Lipinski definition) is 0. The Kier molecular flexibility index (Phi) is 5.59. The third kappa shape index (κ3) is 4.40. The third-order valence-corrected chi connectivity index (χ3v) is 4.78. The third-order valence-electron chi connectivity index (χ3n) is 2.73. The minimum atomic E-state index is 1.22. The molecule has 0 radical (unpaired) electrons. The monoisotopic (exact) mass is 253 g/mol. The van der Waals surface area contributed by atoms with Crippen LogP contribution < -0.4 is 0 Å². The Morgan fingerprint density at radius 3 is 2.88 bits per heavy atom. The number of nitrogens with zero attached hydrogens (tertiary/aromatic N) is 1. The van der Waals surface area contributed by atoms with E-state index >= 15 is 0 Å². The Hall–Kier alpha value is -0.120. The number of benzene rings is 1. The van der Waals surface area contributed by atoms with Gasteiger partial charge in [0.1, 0.15) is 0 Å². The minimum Gasteiger partial charge on any atom is -0.302 e. The molecule has 0 aliphatic carbocycles. The predicted octanol–water partition coefficient (Wildman–Crippen LogP) is 3.22. The highest BCUT2D eigenvalue weighted by Crippen LogP contribution is 2.17. The van der Waals surface area contributed by atoms with Crippen molar-refractivity contribution in [3.05, 3.63) is 30.3 Å². The second-order valence-electron chi connectivity index (χ2n) is 3.97. The molecular weight excluding hydrogens is 234 g/mol. The van der Waals surface area contributed by atoms with E-state index in [0.717, 1.165) is 0 Å². The van der Waals surface area contributed by atoms with Crippen LogP contribution in [0.1, 0.15) is 6.42 Å². The molecule has 0 atom stereocenters. The highest BCUT2D eigenvalue weighted by Gasteiger charge is 2.08. The first kappa shape index (κ1) is 12.3. The lowest BCUT2D eigenvalue weighted by molar-refractivity contribution is 0.314. The molecule has 1 heterocycles. The molecule has 1 aromatic rings. The molecule has 1 aromatic carbocycles. The van der Waals surface area contributed by atoms with E-state index < -0.39 is 0 Å². The topological polar surface area (TPSA) is 3.24 Å². The van der Waals surface area contributed by atoms with Crippen molar-refractivity contribution in [2.24, 2.45) is 0 Å². The molecule has 1 nitrogen and oxygen atoms in total. The summed E-state index contributed by atoms with van der Waals surface area (Å²) < 4.78 is 0. The maximum absolute atomic E-state index is 2.61. The van der Waals surface area contributed by atoms with Gasteiger partial charge in [-0.2, -0.15) is 11.8 Å². The van der Waals surface area contributed by atoms with Crippen molar-refractivity contribution in [3.8, 4) is 0 Å². The van der Waals surface area contributed by atoms with Gasteiger partial charge in [0.25, 0.3) is 0 Å². The molecule has 0 saturated carbocycles.